The lowest BCUT2D eigenvalue weighted by Crippen LogP contribution is -2.28. The smallest absolute Gasteiger partial charge is 0.316 e. The minimum Gasteiger partial charge on any atom is -0.316 e. The first-order valence-electron chi connectivity index (χ1n) is 4.22. The molecule has 0 amide bonds. The van der Waals surface area contributed by atoms with Gasteiger partial charge in [0, 0.05) is 5.02 Å². The lowest BCUT2D eigenvalue weighted by Gasteiger charge is -2.18. The van der Waals surface area contributed by atoms with Crippen LogP contribution in [0.2, 0.25) is 5.02 Å². The van der Waals surface area contributed by atoms with Gasteiger partial charge in [0.1, 0.15) is 6.04 Å². The van der Waals surface area contributed by atoms with Gasteiger partial charge in [-0.05, 0) is 17.7 Å². The van der Waals surface area contributed by atoms with Gasteiger partial charge in [-0.15, -0.1) is 0 Å². The van der Waals surface area contributed by atoms with Gasteiger partial charge < -0.3 is 5.73 Å². The fourth-order valence-corrected chi connectivity index (χ4v) is 1.43. The summed E-state index contributed by atoms with van der Waals surface area (Å²) in [5, 5.41) is -0.662. The molecule has 0 aliphatic carbocycles. The van der Waals surface area contributed by atoms with E-state index in [1.165, 1.54) is 0 Å². The third kappa shape index (κ3) is 3.26. The maximum Gasteiger partial charge on any atom is 0.416 e. The Morgan fingerprint density at radius 1 is 1.06 bits per heavy atom. The molecule has 0 spiro atoms. The summed E-state index contributed by atoms with van der Waals surface area (Å²) in [7, 11) is 0. The van der Waals surface area contributed by atoms with Gasteiger partial charge in [-0.2, -0.15) is 26.3 Å². The second kappa shape index (κ2) is 4.38. The van der Waals surface area contributed by atoms with E-state index in [4.69, 9.17) is 17.3 Å². The summed E-state index contributed by atoms with van der Waals surface area (Å²) in [4.78, 5) is 0. The van der Waals surface area contributed by atoms with E-state index in [1.807, 2.05) is 0 Å². The molecule has 0 aliphatic heterocycles. The van der Waals surface area contributed by atoms with Crippen molar-refractivity contribution >= 4 is 11.6 Å². The summed E-state index contributed by atoms with van der Waals surface area (Å²) in [6.45, 7) is 0. The summed E-state index contributed by atoms with van der Waals surface area (Å²) < 4.78 is 73.4. The number of benzene rings is 1. The SMILES string of the molecule is N[C@@H](c1ccc(C(F)(F)F)cc1Cl)C(F)(F)F. The summed E-state index contributed by atoms with van der Waals surface area (Å²) >= 11 is 5.36. The van der Waals surface area contributed by atoms with Crippen LogP contribution in [0.4, 0.5) is 26.3 Å². The van der Waals surface area contributed by atoms with Crippen LogP contribution in [0.5, 0.6) is 0 Å². The highest BCUT2D eigenvalue weighted by atomic mass is 35.5. The number of alkyl halides is 6. The van der Waals surface area contributed by atoms with Crippen molar-refractivity contribution in [3.8, 4) is 0 Å². The normalized spacial score (nSPS) is 14.8. The third-order valence-electron chi connectivity index (χ3n) is 2.02. The molecular formula is C9H6ClF6N. The van der Waals surface area contributed by atoms with E-state index >= 15 is 0 Å². The average Bonchev–Trinajstić information content (AvgIpc) is 2.13. The van der Waals surface area contributed by atoms with Crippen molar-refractivity contribution in [3.63, 3.8) is 0 Å². The first-order chi connectivity index (χ1) is 7.53. The number of rotatable bonds is 1. The van der Waals surface area contributed by atoms with Crippen molar-refractivity contribution in [1.82, 2.24) is 0 Å². The highest BCUT2D eigenvalue weighted by Gasteiger charge is 2.39. The molecule has 0 aliphatic rings. The molecule has 1 aromatic rings. The number of nitrogens with two attached hydrogens (primary N) is 1. The molecule has 0 bridgehead atoms. The summed E-state index contributed by atoms with van der Waals surface area (Å²) in [5.74, 6) is 0. The van der Waals surface area contributed by atoms with Gasteiger partial charge >= 0.3 is 12.4 Å². The minimum absolute atomic E-state index is 0.419. The Morgan fingerprint density at radius 3 is 1.94 bits per heavy atom. The zero-order valence-electron chi connectivity index (χ0n) is 8.03. The van der Waals surface area contributed by atoms with Crippen molar-refractivity contribution in [2.45, 2.75) is 18.4 Å². The maximum atomic E-state index is 12.2. The lowest BCUT2D eigenvalue weighted by atomic mass is 10.0. The Bertz CT molecular complexity index is 411. The molecule has 0 radical (unpaired) electrons. The third-order valence-corrected chi connectivity index (χ3v) is 2.34. The summed E-state index contributed by atoms with van der Waals surface area (Å²) in [5.41, 5.74) is 3.13. The van der Waals surface area contributed by atoms with Crippen molar-refractivity contribution < 1.29 is 26.3 Å². The molecule has 1 rings (SSSR count). The largest absolute Gasteiger partial charge is 0.416 e. The van der Waals surface area contributed by atoms with Crippen molar-refractivity contribution in [2.75, 3.05) is 0 Å². The molecule has 0 heterocycles. The molecule has 1 nitrogen and oxygen atoms in total. The molecule has 0 fully saturated rings. The van der Waals surface area contributed by atoms with Gasteiger partial charge in [0.2, 0.25) is 0 Å². The molecule has 17 heavy (non-hydrogen) atoms. The Balaban J connectivity index is 3.15. The van der Waals surface area contributed by atoms with E-state index in [1.54, 1.807) is 0 Å². The second-order valence-corrected chi connectivity index (χ2v) is 3.66. The molecular weight excluding hydrogens is 272 g/mol. The van der Waals surface area contributed by atoms with Gasteiger partial charge in [0.25, 0.3) is 0 Å². The van der Waals surface area contributed by atoms with Crippen molar-refractivity contribution in [1.29, 1.82) is 0 Å². The molecule has 2 N–H and O–H groups in total. The Morgan fingerprint density at radius 2 is 1.59 bits per heavy atom. The van der Waals surface area contributed by atoms with Gasteiger partial charge in [-0.25, -0.2) is 0 Å². The highest BCUT2D eigenvalue weighted by molar-refractivity contribution is 6.31. The molecule has 0 saturated carbocycles. The number of hydrogen-bond donors (Lipinski definition) is 1. The zero-order valence-corrected chi connectivity index (χ0v) is 8.79. The quantitative estimate of drug-likeness (QED) is 0.774. The first-order valence-corrected chi connectivity index (χ1v) is 4.60. The number of halogens is 7. The maximum absolute atomic E-state index is 12.2. The van der Waals surface area contributed by atoms with E-state index in [-0.39, 0.29) is 0 Å². The van der Waals surface area contributed by atoms with Crippen LogP contribution in [0.3, 0.4) is 0 Å². The van der Waals surface area contributed by atoms with Crippen LogP contribution in [0.15, 0.2) is 18.2 Å². The van der Waals surface area contributed by atoms with Crippen LogP contribution >= 0.6 is 11.6 Å². The average molecular weight is 278 g/mol. The fourth-order valence-electron chi connectivity index (χ4n) is 1.13. The van der Waals surface area contributed by atoms with Crippen LogP contribution in [0.25, 0.3) is 0 Å². The van der Waals surface area contributed by atoms with Gasteiger partial charge in [0.15, 0.2) is 0 Å². The van der Waals surface area contributed by atoms with E-state index in [0.717, 1.165) is 0 Å². The molecule has 8 heteroatoms. The topological polar surface area (TPSA) is 26.0 Å². The van der Waals surface area contributed by atoms with Gasteiger partial charge in [-0.1, -0.05) is 17.7 Å². The van der Waals surface area contributed by atoms with E-state index in [9.17, 15) is 26.3 Å². The fraction of sp³-hybridized carbons (Fsp3) is 0.333. The predicted octanol–water partition coefficient (Wildman–Crippen LogP) is 3.92. The Labute approximate surface area is 97.2 Å². The molecule has 1 aromatic carbocycles. The van der Waals surface area contributed by atoms with Crippen LogP contribution in [0.1, 0.15) is 17.2 Å². The molecule has 0 aromatic heterocycles. The lowest BCUT2D eigenvalue weighted by molar-refractivity contribution is -0.149. The second-order valence-electron chi connectivity index (χ2n) is 3.25. The van der Waals surface area contributed by atoms with E-state index in [2.05, 4.69) is 0 Å². The number of hydrogen-bond acceptors (Lipinski definition) is 1. The molecule has 0 saturated heterocycles. The van der Waals surface area contributed by atoms with Crippen LogP contribution in [-0.2, 0) is 6.18 Å². The van der Waals surface area contributed by atoms with Crippen LogP contribution < -0.4 is 5.73 Å². The minimum atomic E-state index is -4.76. The highest BCUT2D eigenvalue weighted by Crippen LogP contribution is 2.37. The van der Waals surface area contributed by atoms with E-state index in [0.29, 0.717) is 18.2 Å². The monoisotopic (exact) mass is 277 g/mol. The Kier molecular flexibility index (Phi) is 3.63. The standard InChI is InChI=1S/C9H6ClF6N/c10-6-3-4(8(11,12)13)1-2-5(6)7(17)9(14,15)16/h1-3,7H,17H2/t7-/m0/s1. The molecule has 1 atom stereocenters. The van der Waals surface area contributed by atoms with Crippen molar-refractivity contribution in [3.05, 3.63) is 34.3 Å². The zero-order chi connectivity index (χ0) is 13.4. The Hall–Kier alpha value is -0.950. The van der Waals surface area contributed by atoms with Gasteiger partial charge in [-0.3, -0.25) is 0 Å². The first kappa shape index (κ1) is 14.1. The van der Waals surface area contributed by atoms with E-state index < -0.39 is 34.5 Å². The summed E-state index contributed by atoms with van der Waals surface area (Å²) in [6, 6.07) is -0.851. The summed E-state index contributed by atoms with van der Waals surface area (Å²) in [6.07, 6.45) is -9.42. The van der Waals surface area contributed by atoms with Gasteiger partial charge in [0.05, 0.1) is 5.56 Å². The van der Waals surface area contributed by atoms with Crippen molar-refractivity contribution in [2.24, 2.45) is 5.73 Å². The van der Waals surface area contributed by atoms with Crippen LogP contribution in [-0.4, -0.2) is 6.18 Å². The van der Waals surface area contributed by atoms with Crippen LogP contribution in [0, 0.1) is 0 Å². The molecule has 0 unspecified atom stereocenters. The molecule has 96 valence electrons. The predicted molar refractivity (Wildman–Crippen MR) is 49.4 cm³/mol.